The van der Waals surface area contributed by atoms with E-state index in [9.17, 15) is 4.39 Å². The molecule has 1 aromatic heterocycles. The standard InChI is InChI=1S/C10H12ClFN2/c11-9-2-1-7-3-4-13-6-8(5-12)10(7)14-9/h1-2,8,13H,3-6H2. The van der Waals surface area contributed by atoms with Crippen LogP contribution in [-0.2, 0) is 6.42 Å². The van der Waals surface area contributed by atoms with E-state index in [1.54, 1.807) is 6.07 Å². The van der Waals surface area contributed by atoms with Gasteiger partial charge in [0.05, 0.1) is 12.4 Å². The fourth-order valence-corrected chi connectivity index (χ4v) is 1.92. The highest BCUT2D eigenvalue weighted by molar-refractivity contribution is 6.29. The van der Waals surface area contributed by atoms with E-state index in [1.807, 2.05) is 6.07 Å². The summed E-state index contributed by atoms with van der Waals surface area (Å²) in [6, 6.07) is 3.71. The van der Waals surface area contributed by atoms with Crippen LogP contribution in [0.4, 0.5) is 4.39 Å². The smallest absolute Gasteiger partial charge is 0.129 e. The van der Waals surface area contributed by atoms with Crippen molar-refractivity contribution in [3.63, 3.8) is 0 Å². The zero-order valence-corrected chi connectivity index (χ0v) is 8.52. The van der Waals surface area contributed by atoms with E-state index in [4.69, 9.17) is 11.6 Å². The molecule has 1 aromatic rings. The van der Waals surface area contributed by atoms with Crippen molar-refractivity contribution >= 4 is 11.6 Å². The second-order valence-electron chi connectivity index (χ2n) is 3.48. The van der Waals surface area contributed by atoms with Crippen molar-refractivity contribution in [1.29, 1.82) is 0 Å². The first-order valence-electron chi connectivity index (χ1n) is 4.73. The Labute approximate surface area is 87.5 Å². The minimum atomic E-state index is -0.382. The van der Waals surface area contributed by atoms with E-state index in [2.05, 4.69) is 10.3 Å². The van der Waals surface area contributed by atoms with Crippen molar-refractivity contribution in [3.05, 3.63) is 28.5 Å². The van der Waals surface area contributed by atoms with Crippen molar-refractivity contribution in [2.45, 2.75) is 12.3 Å². The third-order valence-corrected chi connectivity index (χ3v) is 2.72. The SMILES string of the molecule is FCC1CNCCc2ccc(Cl)nc21. The first-order chi connectivity index (χ1) is 6.81. The lowest BCUT2D eigenvalue weighted by atomic mass is 10.0. The molecule has 0 spiro atoms. The Balaban J connectivity index is 2.40. The molecule has 1 aliphatic rings. The van der Waals surface area contributed by atoms with E-state index in [1.165, 1.54) is 0 Å². The maximum Gasteiger partial charge on any atom is 0.129 e. The number of halogens is 2. The maximum atomic E-state index is 12.7. The number of nitrogens with one attached hydrogen (secondary N) is 1. The molecular formula is C10H12ClFN2. The zero-order valence-electron chi connectivity index (χ0n) is 7.76. The summed E-state index contributed by atoms with van der Waals surface area (Å²) in [7, 11) is 0. The van der Waals surface area contributed by atoms with E-state index >= 15 is 0 Å². The van der Waals surface area contributed by atoms with Gasteiger partial charge in [-0.2, -0.15) is 0 Å². The van der Waals surface area contributed by atoms with Gasteiger partial charge in [-0.15, -0.1) is 0 Å². The van der Waals surface area contributed by atoms with Gasteiger partial charge in [0.2, 0.25) is 0 Å². The summed E-state index contributed by atoms with van der Waals surface area (Å²) in [4.78, 5) is 4.21. The van der Waals surface area contributed by atoms with Gasteiger partial charge in [0.15, 0.2) is 0 Å². The molecule has 4 heteroatoms. The molecule has 0 radical (unpaired) electrons. The molecule has 0 saturated carbocycles. The number of aromatic nitrogens is 1. The van der Waals surface area contributed by atoms with Crippen molar-refractivity contribution in [3.8, 4) is 0 Å². The third kappa shape index (κ3) is 1.88. The van der Waals surface area contributed by atoms with Crippen molar-refractivity contribution in [2.24, 2.45) is 0 Å². The molecule has 2 nitrogen and oxygen atoms in total. The Morgan fingerprint density at radius 3 is 3.21 bits per heavy atom. The first kappa shape index (κ1) is 9.87. The first-order valence-corrected chi connectivity index (χ1v) is 5.11. The Morgan fingerprint density at radius 1 is 1.57 bits per heavy atom. The molecule has 0 bridgehead atoms. The molecule has 2 rings (SSSR count). The van der Waals surface area contributed by atoms with Crippen LogP contribution in [0.3, 0.4) is 0 Å². The molecule has 0 fully saturated rings. The maximum absolute atomic E-state index is 12.7. The second-order valence-corrected chi connectivity index (χ2v) is 3.87. The summed E-state index contributed by atoms with van der Waals surface area (Å²) in [6.45, 7) is 1.15. The number of hydrogen-bond acceptors (Lipinski definition) is 2. The van der Waals surface area contributed by atoms with Crippen LogP contribution in [0.2, 0.25) is 5.15 Å². The molecule has 0 saturated heterocycles. The number of hydrogen-bond donors (Lipinski definition) is 1. The topological polar surface area (TPSA) is 24.9 Å². The predicted molar refractivity (Wildman–Crippen MR) is 54.5 cm³/mol. The highest BCUT2D eigenvalue weighted by Gasteiger charge is 2.19. The second kappa shape index (κ2) is 4.24. The lowest BCUT2D eigenvalue weighted by Gasteiger charge is -2.12. The number of fused-ring (bicyclic) bond motifs is 1. The molecule has 76 valence electrons. The number of rotatable bonds is 1. The lowest BCUT2D eigenvalue weighted by Crippen LogP contribution is -2.21. The number of alkyl halides is 1. The van der Waals surface area contributed by atoms with Crippen LogP contribution in [0, 0.1) is 0 Å². The Kier molecular flexibility index (Phi) is 2.99. The van der Waals surface area contributed by atoms with Gasteiger partial charge in [-0.25, -0.2) is 4.98 Å². The molecule has 1 aliphatic heterocycles. The molecular weight excluding hydrogens is 203 g/mol. The van der Waals surface area contributed by atoms with Gasteiger partial charge in [0.25, 0.3) is 0 Å². The fraction of sp³-hybridized carbons (Fsp3) is 0.500. The quantitative estimate of drug-likeness (QED) is 0.723. The van der Waals surface area contributed by atoms with Gasteiger partial charge in [-0.1, -0.05) is 17.7 Å². The Hall–Kier alpha value is -0.670. The van der Waals surface area contributed by atoms with Crippen LogP contribution >= 0.6 is 11.6 Å². The van der Waals surface area contributed by atoms with Gasteiger partial charge < -0.3 is 5.32 Å². The van der Waals surface area contributed by atoms with E-state index in [0.717, 1.165) is 24.2 Å². The summed E-state index contributed by atoms with van der Waals surface area (Å²) in [5.74, 6) is -0.147. The average Bonchev–Trinajstić information content (AvgIpc) is 2.39. The van der Waals surface area contributed by atoms with Crippen LogP contribution in [0.25, 0.3) is 0 Å². The van der Waals surface area contributed by atoms with Gasteiger partial charge in [0.1, 0.15) is 5.15 Å². The van der Waals surface area contributed by atoms with Crippen molar-refractivity contribution in [2.75, 3.05) is 19.8 Å². The molecule has 14 heavy (non-hydrogen) atoms. The molecule has 0 amide bonds. The molecule has 1 atom stereocenters. The van der Waals surface area contributed by atoms with E-state index in [0.29, 0.717) is 11.7 Å². The van der Waals surface area contributed by atoms with Crippen LogP contribution < -0.4 is 5.32 Å². The summed E-state index contributed by atoms with van der Waals surface area (Å²) < 4.78 is 12.7. The summed E-state index contributed by atoms with van der Waals surface area (Å²) in [5, 5.41) is 3.64. The normalized spacial score (nSPS) is 21.4. The summed E-state index contributed by atoms with van der Waals surface area (Å²) in [5.41, 5.74) is 1.94. The Morgan fingerprint density at radius 2 is 2.43 bits per heavy atom. The monoisotopic (exact) mass is 214 g/mol. The van der Waals surface area contributed by atoms with Crippen LogP contribution in [0.15, 0.2) is 12.1 Å². The number of pyridine rings is 1. The molecule has 2 heterocycles. The van der Waals surface area contributed by atoms with Gasteiger partial charge in [-0.3, -0.25) is 4.39 Å². The molecule has 0 aliphatic carbocycles. The van der Waals surface area contributed by atoms with Gasteiger partial charge in [-0.05, 0) is 24.6 Å². The number of nitrogens with zero attached hydrogens (tertiary/aromatic N) is 1. The van der Waals surface area contributed by atoms with Crippen LogP contribution in [0.1, 0.15) is 17.2 Å². The predicted octanol–water partition coefficient (Wildman–Crippen LogP) is 1.93. The Bertz CT molecular complexity index is 330. The largest absolute Gasteiger partial charge is 0.316 e. The van der Waals surface area contributed by atoms with E-state index < -0.39 is 0 Å². The minimum Gasteiger partial charge on any atom is -0.316 e. The van der Waals surface area contributed by atoms with Crippen molar-refractivity contribution in [1.82, 2.24) is 10.3 Å². The van der Waals surface area contributed by atoms with Gasteiger partial charge >= 0.3 is 0 Å². The fourth-order valence-electron chi connectivity index (χ4n) is 1.77. The highest BCUT2D eigenvalue weighted by atomic mass is 35.5. The minimum absolute atomic E-state index is 0.147. The molecule has 1 unspecified atom stereocenters. The summed E-state index contributed by atoms with van der Waals surface area (Å²) >= 11 is 5.80. The van der Waals surface area contributed by atoms with Crippen LogP contribution in [0.5, 0.6) is 0 Å². The summed E-state index contributed by atoms with van der Waals surface area (Å²) in [6.07, 6.45) is 0.899. The van der Waals surface area contributed by atoms with Gasteiger partial charge in [0, 0.05) is 12.5 Å². The van der Waals surface area contributed by atoms with Crippen molar-refractivity contribution < 1.29 is 4.39 Å². The third-order valence-electron chi connectivity index (χ3n) is 2.51. The average molecular weight is 215 g/mol. The van der Waals surface area contributed by atoms with Crippen LogP contribution in [-0.4, -0.2) is 24.7 Å². The zero-order chi connectivity index (χ0) is 9.97. The molecule has 0 aromatic carbocycles. The highest BCUT2D eigenvalue weighted by Crippen LogP contribution is 2.22. The molecule has 1 N–H and O–H groups in total. The van der Waals surface area contributed by atoms with E-state index in [-0.39, 0.29) is 12.6 Å². The lowest BCUT2D eigenvalue weighted by molar-refractivity contribution is 0.416.